The molecule has 1 aliphatic rings. The third-order valence-electron chi connectivity index (χ3n) is 5.68. The Morgan fingerprint density at radius 3 is 2.56 bits per heavy atom. The van der Waals surface area contributed by atoms with Gasteiger partial charge in [-0.05, 0) is 42.0 Å². The van der Waals surface area contributed by atoms with Crippen LogP contribution in [0.4, 0.5) is 0 Å². The fourth-order valence-electron chi connectivity index (χ4n) is 3.83. The van der Waals surface area contributed by atoms with Crippen LogP contribution >= 0.6 is 0 Å². The second-order valence-corrected chi connectivity index (χ2v) is 7.85. The van der Waals surface area contributed by atoms with Crippen molar-refractivity contribution in [3.05, 3.63) is 65.6 Å². The number of hydrogen-bond acceptors (Lipinski definition) is 8. The number of nitrogens with zero attached hydrogens (tertiary/aromatic N) is 4. The lowest BCUT2D eigenvalue weighted by Gasteiger charge is -2.26. The molecule has 0 N–H and O–H groups in total. The van der Waals surface area contributed by atoms with E-state index >= 15 is 0 Å². The van der Waals surface area contributed by atoms with Gasteiger partial charge in [0.15, 0.2) is 11.5 Å². The zero-order valence-electron chi connectivity index (χ0n) is 19.5. The van der Waals surface area contributed by atoms with Gasteiger partial charge in [-0.25, -0.2) is 9.97 Å². The van der Waals surface area contributed by atoms with Crippen LogP contribution in [0.2, 0.25) is 0 Å². The molecule has 0 aliphatic carbocycles. The van der Waals surface area contributed by atoms with Crippen molar-refractivity contribution in [3.63, 3.8) is 0 Å². The summed E-state index contributed by atoms with van der Waals surface area (Å²) in [6.45, 7) is 4.87. The van der Waals surface area contributed by atoms with Crippen LogP contribution in [0.5, 0.6) is 17.2 Å². The molecule has 4 rings (SSSR count). The highest BCUT2D eigenvalue weighted by atomic mass is 16.5. The van der Waals surface area contributed by atoms with Crippen LogP contribution in [-0.2, 0) is 11.2 Å². The highest BCUT2D eigenvalue weighted by molar-refractivity contribution is 5.64. The topological polar surface area (TPSA) is 89.7 Å². The lowest BCUT2D eigenvalue weighted by atomic mass is 10.1. The van der Waals surface area contributed by atoms with E-state index in [9.17, 15) is 5.26 Å². The van der Waals surface area contributed by atoms with Crippen molar-refractivity contribution >= 4 is 0 Å². The van der Waals surface area contributed by atoms with E-state index in [1.165, 1.54) is 0 Å². The van der Waals surface area contributed by atoms with Crippen molar-refractivity contribution < 1.29 is 18.9 Å². The molecule has 1 aromatic heterocycles. The first-order valence-corrected chi connectivity index (χ1v) is 11.2. The van der Waals surface area contributed by atoms with Gasteiger partial charge in [0.1, 0.15) is 24.3 Å². The predicted molar refractivity (Wildman–Crippen MR) is 127 cm³/mol. The monoisotopic (exact) mass is 460 g/mol. The van der Waals surface area contributed by atoms with Gasteiger partial charge in [-0.3, -0.25) is 4.90 Å². The average molecular weight is 461 g/mol. The van der Waals surface area contributed by atoms with Crippen LogP contribution in [0, 0.1) is 11.3 Å². The highest BCUT2D eigenvalue weighted by Crippen LogP contribution is 2.29. The number of methoxy groups -OCH3 is 2. The number of hydrogen-bond donors (Lipinski definition) is 0. The molecule has 8 nitrogen and oxygen atoms in total. The van der Waals surface area contributed by atoms with Crippen molar-refractivity contribution in [1.82, 2.24) is 14.9 Å². The summed E-state index contributed by atoms with van der Waals surface area (Å²) in [7, 11) is 3.19. The van der Waals surface area contributed by atoms with Crippen LogP contribution in [0.25, 0.3) is 11.3 Å². The van der Waals surface area contributed by atoms with E-state index in [2.05, 4.69) is 16.0 Å². The van der Waals surface area contributed by atoms with Gasteiger partial charge in [-0.2, -0.15) is 5.26 Å². The van der Waals surface area contributed by atoms with Gasteiger partial charge in [0.05, 0.1) is 38.7 Å². The molecule has 1 aliphatic heterocycles. The summed E-state index contributed by atoms with van der Waals surface area (Å²) in [5.41, 5.74) is 3.07. The Labute approximate surface area is 199 Å². The van der Waals surface area contributed by atoms with E-state index in [4.69, 9.17) is 23.9 Å². The first-order valence-electron chi connectivity index (χ1n) is 11.2. The molecule has 2 aromatic carbocycles. The van der Waals surface area contributed by atoms with E-state index in [1.54, 1.807) is 32.5 Å². The van der Waals surface area contributed by atoms with Crippen LogP contribution in [0.3, 0.4) is 0 Å². The number of rotatable bonds is 9. The summed E-state index contributed by atoms with van der Waals surface area (Å²) in [4.78, 5) is 11.5. The molecule has 176 valence electrons. The highest BCUT2D eigenvalue weighted by Gasteiger charge is 2.13. The molecule has 3 aromatic rings. The Bertz CT molecular complexity index is 1160. The molecular formula is C26H28N4O4. The molecule has 2 heterocycles. The van der Waals surface area contributed by atoms with Gasteiger partial charge >= 0.3 is 0 Å². The third-order valence-corrected chi connectivity index (χ3v) is 5.68. The van der Waals surface area contributed by atoms with Crippen LogP contribution in [-0.4, -0.2) is 68.5 Å². The fraction of sp³-hybridized carbons (Fsp3) is 0.346. The molecule has 0 atom stereocenters. The molecule has 0 unspecified atom stereocenters. The molecule has 34 heavy (non-hydrogen) atoms. The second-order valence-electron chi connectivity index (χ2n) is 7.85. The number of morpholine rings is 1. The lowest BCUT2D eigenvalue weighted by molar-refractivity contribution is 0.0321. The standard InChI is InChI=1S/C26H28N4O4/c1-31-23-6-4-20(17-21(23)18-27)22-7-8-28-26(29-22)16-19-3-5-24(25(15-19)32-2)34-14-11-30-9-12-33-13-10-30/h3-8,15,17H,9-14,16H2,1-2H3. The maximum atomic E-state index is 9.37. The number of ether oxygens (including phenoxy) is 4. The summed E-state index contributed by atoms with van der Waals surface area (Å²) in [6, 6.07) is 15.3. The van der Waals surface area contributed by atoms with Crippen LogP contribution in [0.1, 0.15) is 17.0 Å². The molecular weight excluding hydrogens is 432 g/mol. The van der Waals surface area contributed by atoms with E-state index in [-0.39, 0.29) is 0 Å². The van der Waals surface area contributed by atoms with Crippen molar-refractivity contribution in [2.45, 2.75) is 6.42 Å². The fourth-order valence-corrected chi connectivity index (χ4v) is 3.83. The van der Waals surface area contributed by atoms with Crippen molar-refractivity contribution in [3.8, 4) is 34.6 Å². The first-order chi connectivity index (χ1) is 16.7. The Hall–Kier alpha value is -3.67. The Morgan fingerprint density at radius 1 is 1.00 bits per heavy atom. The molecule has 0 bridgehead atoms. The zero-order chi connectivity index (χ0) is 23.8. The molecule has 8 heteroatoms. The van der Waals surface area contributed by atoms with Crippen LogP contribution in [0.15, 0.2) is 48.7 Å². The van der Waals surface area contributed by atoms with E-state index < -0.39 is 0 Å². The van der Waals surface area contributed by atoms with Gasteiger partial charge in [-0.1, -0.05) is 6.07 Å². The van der Waals surface area contributed by atoms with E-state index in [0.717, 1.165) is 55.4 Å². The summed E-state index contributed by atoms with van der Waals surface area (Å²) in [5.74, 6) is 2.62. The summed E-state index contributed by atoms with van der Waals surface area (Å²) < 4.78 is 22.2. The minimum atomic E-state index is 0.467. The molecule has 0 spiro atoms. The normalized spacial score (nSPS) is 13.8. The maximum absolute atomic E-state index is 9.37. The van der Waals surface area contributed by atoms with Gasteiger partial charge in [0.2, 0.25) is 0 Å². The third kappa shape index (κ3) is 5.81. The largest absolute Gasteiger partial charge is 0.495 e. The summed E-state index contributed by atoms with van der Waals surface area (Å²) >= 11 is 0. The maximum Gasteiger partial charge on any atom is 0.161 e. The molecule has 0 radical (unpaired) electrons. The summed E-state index contributed by atoms with van der Waals surface area (Å²) in [6.07, 6.45) is 2.27. The number of nitriles is 1. The van der Waals surface area contributed by atoms with E-state index in [0.29, 0.717) is 35.9 Å². The first kappa shape index (κ1) is 23.5. The Morgan fingerprint density at radius 2 is 1.79 bits per heavy atom. The van der Waals surface area contributed by atoms with Crippen molar-refractivity contribution in [1.29, 1.82) is 5.26 Å². The smallest absolute Gasteiger partial charge is 0.161 e. The number of aromatic nitrogens is 2. The SMILES string of the molecule is COc1ccc(-c2ccnc(Cc3ccc(OCCN4CCOCC4)c(OC)c3)n2)cc1C#N. The van der Waals surface area contributed by atoms with Gasteiger partial charge in [0.25, 0.3) is 0 Å². The quantitative estimate of drug-likeness (QED) is 0.480. The van der Waals surface area contributed by atoms with Gasteiger partial charge < -0.3 is 18.9 Å². The van der Waals surface area contributed by atoms with Gasteiger partial charge in [0, 0.05) is 37.8 Å². The van der Waals surface area contributed by atoms with Crippen molar-refractivity contribution in [2.75, 3.05) is 53.7 Å². The second kappa shape index (κ2) is 11.5. The van der Waals surface area contributed by atoms with Gasteiger partial charge in [-0.15, -0.1) is 0 Å². The molecule has 1 saturated heterocycles. The zero-order valence-corrected chi connectivity index (χ0v) is 19.5. The molecule has 0 amide bonds. The minimum Gasteiger partial charge on any atom is -0.495 e. The van der Waals surface area contributed by atoms with E-state index in [1.807, 2.05) is 30.3 Å². The predicted octanol–water partition coefficient (Wildman–Crippen LogP) is 3.33. The average Bonchev–Trinajstić information content (AvgIpc) is 2.89. The Balaban J connectivity index is 1.44. The minimum absolute atomic E-state index is 0.467. The molecule has 1 fully saturated rings. The van der Waals surface area contributed by atoms with Crippen molar-refractivity contribution in [2.24, 2.45) is 0 Å². The van der Waals surface area contributed by atoms with Crippen LogP contribution < -0.4 is 14.2 Å². The number of benzene rings is 2. The lowest BCUT2D eigenvalue weighted by Crippen LogP contribution is -2.38. The molecule has 0 saturated carbocycles. The summed E-state index contributed by atoms with van der Waals surface area (Å²) in [5, 5.41) is 9.37. The Kier molecular flexibility index (Phi) is 7.91.